The fraction of sp³-hybridized carbons (Fsp3) is 0.440. The van der Waals surface area contributed by atoms with E-state index in [0.29, 0.717) is 43.1 Å². The number of anilines is 1. The zero-order valence-corrected chi connectivity index (χ0v) is 19.2. The van der Waals surface area contributed by atoms with E-state index in [-0.39, 0.29) is 18.4 Å². The predicted molar refractivity (Wildman–Crippen MR) is 126 cm³/mol. The summed E-state index contributed by atoms with van der Waals surface area (Å²) < 4.78 is 13.3. The van der Waals surface area contributed by atoms with Gasteiger partial charge in [0.2, 0.25) is 0 Å². The van der Waals surface area contributed by atoms with E-state index in [1.165, 1.54) is 5.69 Å². The van der Waals surface area contributed by atoms with Gasteiger partial charge in [0.25, 0.3) is 0 Å². The normalized spacial score (nSPS) is 14.3. The van der Waals surface area contributed by atoms with Crippen molar-refractivity contribution >= 4 is 22.7 Å². The summed E-state index contributed by atoms with van der Waals surface area (Å²) >= 11 is 0. The quantitative estimate of drug-likeness (QED) is 0.570. The number of morpholine rings is 1. The second-order valence-corrected chi connectivity index (χ2v) is 8.24. The Bertz CT molecular complexity index is 1130. The molecule has 0 spiro atoms. The Balaban J connectivity index is 2.13. The second-order valence-electron chi connectivity index (χ2n) is 8.24. The number of rotatable bonds is 6. The minimum atomic E-state index is -0.405. The third-order valence-electron chi connectivity index (χ3n) is 5.84. The molecule has 1 aromatic carbocycles. The molecule has 0 amide bonds. The molecular weight excluding hydrogens is 406 g/mol. The molecule has 170 valence electrons. The van der Waals surface area contributed by atoms with Crippen molar-refractivity contribution in [2.75, 3.05) is 37.8 Å². The van der Waals surface area contributed by atoms with Crippen molar-refractivity contribution in [2.24, 2.45) is 0 Å². The number of pyridine rings is 1. The van der Waals surface area contributed by atoms with E-state index in [2.05, 4.69) is 36.3 Å². The van der Waals surface area contributed by atoms with E-state index >= 15 is 0 Å². The Morgan fingerprint density at radius 2 is 1.97 bits per heavy atom. The highest BCUT2D eigenvalue weighted by Gasteiger charge is 2.30. The zero-order chi connectivity index (χ0) is 22.8. The number of carbonyl (C=O) groups is 1. The number of nitrogens with zero attached hydrogens (tertiary/aromatic N) is 3. The monoisotopic (exact) mass is 437 g/mol. The largest absolute Gasteiger partial charge is 0.508 e. The summed E-state index contributed by atoms with van der Waals surface area (Å²) in [6.45, 7) is 11.0. The first-order chi connectivity index (χ1) is 15.5. The van der Waals surface area contributed by atoms with Crippen LogP contribution in [0, 0.1) is 0 Å². The fourth-order valence-electron chi connectivity index (χ4n) is 4.49. The van der Waals surface area contributed by atoms with Crippen LogP contribution >= 0.6 is 0 Å². The maximum absolute atomic E-state index is 13.3. The predicted octanol–water partition coefficient (Wildman–Crippen LogP) is 4.57. The third-order valence-corrected chi connectivity index (χ3v) is 5.84. The SMILES string of the molecule is CCOC(=O)c1c(-c2cccc(O)c2)nc2c(cc(CC)n2C(C)C)c1N1CCOCC1. The smallest absolute Gasteiger partial charge is 0.342 e. The Morgan fingerprint density at radius 1 is 1.22 bits per heavy atom. The summed E-state index contributed by atoms with van der Waals surface area (Å²) in [4.78, 5) is 20.6. The molecule has 7 nitrogen and oxygen atoms in total. The van der Waals surface area contributed by atoms with E-state index in [9.17, 15) is 9.90 Å². The number of ether oxygens (including phenoxy) is 2. The lowest BCUT2D eigenvalue weighted by Gasteiger charge is -2.31. The van der Waals surface area contributed by atoms with Crippen molar-refractivity contribution < 1.29 is 19.4 Å². The molecule has 2 aromatic heterocycles. The van der Waals surface area contributed by atoms with Gasteiger partial charge in [0.1, 0.15) is 17.0 Å². The number of hydrogen-bond acceptors (Lipinski definition) is 6. The summed E-state index contributed by atoms with van der Waals surface area (Å²) in [5.74, 6) is -0.280. The lowest BCUT2D eigenvalue weighted by molar-refractivity contribution is 0.0527. The first-order valence-electron chi connectivity index (χ1n) is 11.3. The van der Waals surface area contributed by atoms with Gasteiger partial charge < -0.3 is 24.0 Å². The number of benzene rings is 1. The van der Waals surface area contributed by atoms with E-state index < -0.39 is 5.97 Å². The number of aromatic nitrogens is 2. The van der Waals surface area contributed by atoms with Gasteiger partial charge in [0.15, 0.2) is 0 Å². The van der Waals surface area contributed by atoms with Gasteiger partial charge in [0.05, 0.1) is 31.2 Å². The lowest BCUT2D eigenvalue weighted by Crippen LogP contribution is -2.37. The maximum Gasteiger partial charge on any atom is 0.342 e. The van der Waals surface area contributed by atoms with Crippen molar-refractivity contribution in [3.05, 3.63) is 41.6 Å². The second kappa shape index (κ2) is 9.20. The highest BCUT2D eigenvalue weighted by atomic mass is 16.5. The first kappa shape index (κ1) is 22.1. The molecule has 0 atom stereocenters. The van der Waals surface area contributed by atoms with Crippen LogP contribution in [0.5, 0.6) is 5.75 Å². The fourth-order valence-corrected chi connectivity index (χ4v) is 4.49. The molecule has 1 fully saturated rings. The van der Waals surface area contributed by atoms with Crippen molar-refractivity contribution in [1.82, 2.24) is 9.55 Å². The van der Waals surface area contributed by atoms with Crippen LogP contribution < -0.4 is 4.90 Å². The minimum Gasteiger partial charge on any atom is -0.508 e. The molecule has 7 heteroatoms. The molecule has 0 radical (unpaired) electrons. The third kappa shape index (κ3) is 3.93. The van der Waals surface area contributed by atoms with Crippen LogP contribution in [0.15, 0.2) is 30.3 Å². The zero-order valence-electron chi connectivity index (χ0n) is 19.2. The van der Waals surface area contributed by atoms with Gasteiger partial charge in [-0.15, -0.1) is 0 Å². The van der Waals surface area contributed by atoms with Gasteiger partial charge in [-0.25, -0.2) is 9.78 Å². The Labute approximate surface area is 188 Å². The highest BCUT2D eigenvalue weighted by Crippen LogP contribution is 2.40. The van der Waals surface area contributed by atoms with Gasteiger partial charge >= 0.3 is 5.97 Å². The molecule has 1 N–H and O–H groups in total. The topological polar surface area (TPSA) is 76.8 Å². The van der Waals surface area contributed by atoms with Crippen LogP contribution in [0.4, 0.5) is 5.69 Å². The molecule has 32 heavy (non-hydrogen) atoms. The number of esters is 1. The number of hydrogen-bond donors (Lipinski definition) is 1. The molecule has 3 aromatic rings. The van der Waals surface area contributed by atoms with Gasteiger partial charge in [-0.05, 0) is 45.4 Å². The molecule has 1 aliphatic rings. The van der Waals surface area contributed by atoms with Crippen LogP contribution in [0.2, 0.25) is 0 Å². The summed E-state index contributed by atoms with van der Waals surface area (Å²) in [6, 6.07) is 9.24. The van der Waals surface area contributed by atoms with E-state index in [1.54, 1.807) is 25.1 Å². The molecular formula is C25H31N3O4. The van der Waals surface area contributed by atoms with Crippen LogP contribution in [-0.2, 0) is 15.9 Å². The van der Waals surface area contributed by atoms with Crippen molar-refractivity contribution in [1.29, 1.82) is 0 Å². The number of fused-ring (bicyclic) bond motifs is 1. The standard InChI is InChI=1S/C25H31N3O4/c1-5-18-15-20-23(27-10-12-31-13-11-27)21(25(30)32-6-2)22(17-8-7-9-19(29)14-17)26-24(20)28(18)16(3)4/h7-9,14-16,29H,5-6,10-13H2,1-4H3. The van der Waals surface area contributed by atoms with Crippen LogP contribution in [0.25, 0.3) is 22.3 Å². The summed E-state index contributed by atoms with van der Waals surface area (Å²) in [5, 5.41) is 11.1. The van der Waals surface area contributed by atoms with Crippen LogP contribution in [-0.4, -0.2) is 53.5 Å². The Morgan fingerprint density at radius 3 is 2.59 bits per heavy atom. The summed E-state index contributed by atoms with van der Waals surface area (Å²) in [5.41, 5.74) is 4.49. The van der Waals surface area contributed by atoms with Crippen molar-refractivity contribution in [3.8, 4) is 17.0 Å². The molecule has 0 saturated carbocycles. The average Bonchev–Trinajstić information content (AvgIpc) is 3.17. The molecule has 0 bridgehead atoms. The molecule has 0 unspecified atom stereocenters. The molecule has 1 saturated heterocycles. The van der Waals surface area contributed by atoms with E-state index in [0.717, 1.165) is 23.1 Å². The maximum atomic E-state index is 13.3. The van der Waals surface area contributed by atoms with E-state index in [4.69, 9.17) is 14.5 Å². The summed E-state index contributed by atoms with van der Waals surface area (Å²) in [7, 11) is 0. The number of phenols is 1. The number of aryl methyl sites for hydroxylation is 1. The Kier molecular flexibility index (Phi) is 6.37. The molecule has 3 heterocycles. The minimum absolute atomic E-state index is 0.126. The van der Waals surface area contributed by atoms with Gasteiger partial charge in [0, 0.05) is 35.8 Å². The lowest BCUT2D eigenvalue weighted by atomic mass is 10.0. The van der Waals surface area contributed by atoms with Gasteiger partial charge in [-0.1, -0.05) is 19.1 Å². The Hall–Kier alpha value is -3.06. The molecule has 4 rings (SSSR count). The van der Waals surface area contributed by atoms with Crippen LogP contribution in [0.3, 0.4) is 0 Å². The number of aromatic hydroxyl groups is 1. The first-order valence-corrected chi connectivity index (χ1v) is 11.3. The van der Waals surface area contributed by atoms with Crippen molar-refractivity contribution in [2.45, 2.75) is 40.2 Å². The highest BCUT2D eigenvalue weighted by molar-refractivity contribution is 6.10. The van der Waals surface area contributed by atoms with Crippen molar-refractivity contribution in [3.63, 3.8) is 0 Å². The van der Waals surface area contributed by atoms with Gasteiger partial charge in [-0.2, -0.15) is 0 Å². The van der Waals surface area contributed by atoms with Crippen LogP contribution in [0.1, 0.15) is 49.8 Å². The molecule has 0 aliphatic carbocycles. The van der Waals surface area contributed by atoms with Gasteiger partial charge in [-0.3, -0.25) is 0 Å². The number of phenolic OH excluding ortho intramolecular Hbond substituents is 1. The summed E-state index contributed by atoms with van der Waals surface area (Å²) in [6.07, 6.45) is 0.854. The number of carbonyl (C=O) groups excluding carboxylic acids is 1. The van der Waals surface area contributed by atoms with E-state index in [1.807, 2.05) is 6.07 Å². The average molecular weight is 438 g/mol. The molecule has 1 aliphatic heterocycles.